The molecule has 5 aromatic rings. The monoisotopic (exact) mass is 675 g/mol. The number of aromatic nitrogens is 1. The van der Waals surface area contributed by atoms with Gasteiger partial charge in [-0.15, -0.1) is 0 Å². The molecular weight excluding hydrogens is 641 g/mol. The van der Waals surface area contributed by atoms with Crippen molar-refractivity contribution in [3.8, 4) is 28.0 Å². The summed E-state index contributed by atoms with van der Waals surface area (Å²) in [6, 6.07) is 31.7. The van der Waals surface area contributed by atoms with Crippen LogP contribution in [0.15, 0.2) is 107 Å². The van der Waals surface area contributed by atoms with Crippen molar-refractivity contribution in [2.75, 3.05) is 23.0 Å². The topological polar surface area (TPSA) is 138 Å². The second-order valence-corrected chi connectivity index (χ2v) is 14.6. The van der Waals surface area contributed by atoms with Crippen molar-refractivity contribution in [1.82, 2.24) is 0 Å². The van der Waals surface area contributed by atoms with Gasteiger partial charge in [0.05, 0.1) is 17.2 Å². The number of fused-ring (bicyclic) bond motifs is 2. The number of anilines is 1. The molecule has 0 amide bonds. The molecule has 1 aromatic heterocycles. The summed E-state index contributed by atoms with van der Waals surface area (Å²) < 4.78 is 78.7. The zero-order valence-corrected chi connectivity index (χ0v) is 27.2. The molecule has 2 N–H and O–H groups in total. The number of unbranched alkanes of at least 4 members (excludes halogenated alkanes) is 2. The van der Waals surface area contributed by atoms with E-state index in [1.807, 2.05) is 107 Å². The zero-order valence-electron chi connectivity index (χ0n) is 25.5. The van der Waals surface area contributed by atoms with E-state index in [-0.39, 0.29) is 24.3 Å². The van der Waals surface area contributed by atoms with Gasteiger partial charge < -0.3 is 14.1 Å². The van der Waals surface area contributed by atoms with E-state index in [4.69, 9.17) is 9.15 Å². The quantitative estimate of drug-likeness (QED) is 0.0804. The average molecular weight is 676 g/mol. The number of aryl methyl sites for hydroxylation is 1. The number of nitrogens with zero attached hydrogens (tertiary/aromatic N) is 2. The van der Waals surface area contributed by atoms with E-state index >= 15 is 0 Å². The first kappa shape index (κ1) is 32.5. The van der Waals surface area contributed by atoms with Gasteiger partial charge in [-0.3, -0.25) is 9.11 Å². The predicted octanol–water partition coefficient (Wildman–Crippen LogP) is 6.59. The summed E-state index contributed by atoms with van der Waals surface area (Å²) in [6.45, 7) is 0.832. The Kier molecular flexibility index (Phi) is 9.46. The van der Waals surface area contributed by atoms with Gasteiger partial charge in [0.1, 0.15) is 6.08 Å². The van der Waals surface area contributed by atoms with Crippen LogP contribution in [-0.2, 0) is 26.8 Å². The molecule has 0 spiro atoms. The average Bonchev–Trinajstić information content (AvgIpc) is 3.57. The highest BCUT2D eigenvalue weighted by Crippen LogP contribution is 2.42. The number of oxazole rings is 1. The molecule has 2 heterocycles. The summed E-state index contributed by atoms with van der Waals surface area (Å²) in [7, 11) is -8.17. The minimum Gasteiger partial charge on any atom is -0.438 e. The molecule has 0 atom stereocenters. The Hall–Kier alpha value is -4.49. The molecule has 244 valence electrons. The molecule has 1 aliphatic rings. The third kappa shape index (κ3) is 8.09. The van der Waals surface area contributed by atoms with E-state index in [0.29, 0.717) is 49.0 Å². The summed E-state index contributed by atoms with van der Waals surface area (Å²) in [4.78, 5) is 1.97. The Morgan fingerprint density at radius 2 is 1.28 bits per heavy atom. The summed E-state index contributed by atoms with van der Waals surface area (Å²) >= 11 is 0. The first-order chi connectivity index (χ1) is 22.5. The Balaban J connectivity index is 1.39. The van der Waals surface area contributed by atoms with Crippen molar-refractivity contribution >= 4 is 43.1 Å². The van der Waals surface area contributed by atoms with Gasteiger partial charge in [-0.2, -0.15) is 21.4 Å². The molecule has 12 heteroatoms. The highest BCUT2D eigenvalue weighted by Gasteiger charge is 2.30. The zero-order chi connectivity index (χ0) is 33.0. The summed E-state index contributed by atoms with van der Waals surface area (Å²) in [5.41, 5.74) is 6.30. The predicted molar refractivity (Wildman–Crippen MR) is 181 cm³/mol. The van der Waals surface area contributed by atoms with Crippen LogP contribution in [0.3, 0.4) is 0 Å². The van der Waals surface area contributed by atoms with Gasteiger partial charge in [-0.05, 0) is 59.7 Å². The minimum atomic E-state index is -4.09. The molecule has 0 fully saturated rings. The lowest BCUT2D eigenvalue weighted by Crippen LogP contribution is -2.36. The molecule has 0 bridgehead atoms. The maximum atomic E-state index is 11.4. The molecule has 0 radical (unpaired) electrons. The Labute approximate surface area is 274 Å². The van der Waals surface area contributed by atoms with Crippen molar-refractivity contribution in [2.24, 2.45) is 0 Å². The van der Waals surface area contributed by atoms with E-state index in [9.17, 15) is 25.9 Å². The SMILES string of the molecule is O=S(=O)(O)CCCCN1C(=Cc2oc3ccc(-c4ccccc4)cc3[n+]2CCCCS(=O)(=O)O)Oc2ccc(-c3ccccc3)cc21. The molecule has 6 rings (SSSR count). The maximum absolute atomic E-state index is 11.4. The smallest absolute Gasteiger partial charge is 0.379 e. The van der Waals surface area contributed by atoms with Crippen molar-refractivity contribution in [2.45, 2.75) is 32.2 Å². The second kappa shape index (κ2) is 13.7. The van der Waals surface area contributed by atoms with Crippen LogP contribution in [0.25, 0.3) is 39.4 Å². The lowest BCUT2D eigenvalue weighted by atomic mass is 10.0. The van der Waals surface area contributed by atoms with Crippen molar-refractivity contribution in [3.63, 3.8) is 0 Å². The van der Waals surface area contributed by atoms with Crippen LogP contribution in [0.1, 0.15) is 31.6 Å². The Morgan fingerprint density at radius 1 is 0.681 bits per heavy atom. The molecule has 0 saturated carbocycles. The van der Waals surface area contributed by atoms with Gasteiger partial charge in [0.15, 0.2) is 12.3 Å². The van der Waals surface area contributed by atoms with Crippen LogP contribution in [0.2, 0.25) is 0 Å². The van der Waals surface area contributed by atoms with Crippen LogP contribution in [-0.4, -0.2) is 44.0 Å². The van der Waals surface area contributed by atoms with Gasteiger partial charge in [0.25, 0.3) is 25.8 Å². The Bertz CT molecular complexity index is 2130. The Morgan fingerprint density at radius 3 is 1.91 bits per heavy atom. The molecular formula is C35H35N2O8S2+. The standard InChI is InChI=1S/C35H34N2O8S2/c38-46(39,40)21-9-7-19-36-30-23-28(26-11-3-1-4-12-26)15-17-32(30)44-34(36)25-35-37(20-8-10-22-47(41,42)43)31-24-29(16-18-33(31)45-35)27-13-5-2-6-14-27/h1-6,11-18,23-25H,7-10,19-22H2,(H-,38,39,40,41,42,43)/p+1. The number of ether oxygens (including phenoxy) is 1. The van der Waals surface area contributed by atoms with E-state index in [1.165, 1.54) is 0 Å². The van der Waals surface area contributed by atoms with Gasteiger partial charge in [-0.25, -0.2) is 0 Å². The normalized spacial score (nSPS) is 14.1. The maximum Gasteiger partial charge on any atom is 0.379 e. The first-order valence-electron chi connectivity index (χ1n) is 15.3. The van der Waals surface area contributed by atoms with E-state index in [0.717, 1.165) is 33.5 Å². The fourth-order valence-corrected chi connectivity index (χ4v) is 6.85. The van der Waals surface area contributed by atoms with Crippen molar-refractivity contribution in [1.29, 1.82) is 0 Å². The third-order valence-corrected chi connectivity index (χ3v) is 9.60. The number of benzene rings is 4. The highest BCUT2D eigenvalue weighted by molar-refractivity contribution is 7.86. The lowest BCUT2D eigenvalue weighted by molar-refractivity contribution is -0.678. The second-order valence-electron chi connectivity index (χ2n) is 11.4. The fraction of sp³-hybridized carbons (Fsp3) is 0.229. The van der Waals surface area contributed by atoms with Crippen LogP contribution in [0, 0.1) is 0 Å². The van der Waals surface area contributed by atoms with E-state index in [1.54, 1.807) is 6.08 Å². The lowest BCUT2D eigenvalue weighted by Gasteiger charge is -2.18. The molecule has 4 aromatic carbocycles. The van der Waals surface area contributed by atoms with E-state index in [2.05, 4.69) is 0 Å². The van der Waals surface area contributed by atoms with Crippen LogP contribution < -0.4 is 14.2 Å². The van der Waals surface area contributed by atoms with Crippen LogP contribution in [0.5, 0.6) is 5.75 Å². The summed E-state index contributed by atoms with van der Waals surface area (Å²) in [5, 5.41) is 0. The molecule has 1 aliphatic heterocycles. The van der Waals surface area contributed by atoms with Gasteiger partial charge in [-0.1, -0.05) is 72.8 Å². The third-order valence-electron chi connectivity index (χ3n) is 7.99. The summed E-state index contributed by atoms with van der Waals surface area (Å²) in [5.74, 6) is 0.911. The van der Waals surface area contributed by atoms with Crippen molar-refractivity contribution in [3.05, 3.63) is 109 Å². The van der Waals surface area contributed by atoms with Gasteiger partial charge in [0, 0.05) is 19.0 Å². The minimum absolute atomic E-state index is 0.261. The summed E-state index contributed by atoms with van der Waals surface area (Å²) in [6.07, 6.45) is 3.24. The van der Waals surface area contributed by atoms with Gasteiger partial charge in [0.2, 0.25) is 11.5 Å². The largest absolute Gasteiger partial charge is 0.438 e. The van der Waals surface area contributed by atoms with Gasteiger partial charge >= 0.3 is 5.89 Å². The van der Waals surface area contributed by atoms with E-state index < -0.39 is 20.2 Å². The number of hydrogen-bond acceptors (Lipinski definition) is 7. The van der Waals surface area contributed by atoms with Crippen LogP contribution in [0.4, 0.5) is 5.69 Å². The number of hydrogen-bond donors (Lipinski definition) is 2. The first-order valence-corrected chi connectivity index (χ1v) is 18.5. The molecule has 0 unspecified atom stereocenters. The molecule has 0 saturated heterocycles. The molecule has 10 nitrogen and oxygen atoms in total. The van der Waals surface area contributed by atoms with Crippen LogP contribution >= 0.6 is 0 Å². The molecule has 0 aliphatic carbocycles. The van der Waals surface area contributed by atoms with Crippen molar-refractivity contribution < 1.29 is 39.7 Å². The fourth-order valence-electron chi connectivity index (χ4n) is 5.71. The number of rotatable bonds is 13. The highest BCUT2D eigenvalue weighted by atomic mass is 32.2. The molecule has 47 heavy (non-hydrogen) atoms.